The van der Waals surface area contributed by atoms with Gasteiger partial charge in [0.25, 0.3) is 0 Å². The van der Waals surface area contributed by atoms with Gasteiger partial charge in [-0.1, -0.05) is 26.3 Å². The summed E-state index contributed by atoms with van der Waals surface area (Å²) in [4.78, 5) is 18.7. The SMILES string of the molecule is COc1c(F)cc(C(C)C)c(F)c1[C@H](C(=O)O)N1CC[C@@H](OCCCCCc2ccc3c(n2)NCCC3)C1. The van der Waals surface area contributed by atoms with Crippen molar-refractivity contribution in [1.82, 2.24) is 9.88 Å². The highest BCUT2D eigenvalue weighted by molar-refractivity contribution is 5.77. The Hall–Kier alpha value is -2.78. The highest BCUT2D eigenvalue weighted by Crippen LogP contribution is 2.39. The van der Waals surface area contributed by atoms with Crippen molar-refractivity contribution in [1.29, 1.82) is 0 Å². The van der Waals surface area contributed by atoms with E-state index in [9.17, 15) is 14.3 Å². The molecule has 0 spiro atoms. The van der Waals surface area contributed by atoms with E-state index in [1.54, 1.807) is 18.7 Å². The van der Waals surface area contributed by atoms with Crippen molar-refractivity contribution in [3.63, 3.8) is 0 Å². The Morgan fingerprint density at radius 1 is 1.26 bits per heavy atom. The maximum atomic E-state index is 15.5. The van der Waals surface area contributed by atoms with Crippen LogP contribution in [0.25, 0.3) is 0 Å². The topological polar surface area (TPSA) is 83.9 Å². The van der Waals surface area contributed by atoms with Crippen molar-refractivity contribution < 1.29 is 28.2 Å². The first-order chi connectivity index (χ1) is 18.3. The molecule has 2 atom stereocenters. The van der Waals surface area contributed by atoms with Crippen molar-refractivity contribution in [3.05, 3.63) is 52.2 Å². The Bertz CT molecular complexity index is 1130. The molecule has 0 unspecified atom stereocenters. The van der Waals surface area contributed by atoms with Crippen LogP contribution in [0.3, 0.4) is 0 Å². The van der Waals surface area contributed by atoms with E-state index in [0.717, 1.165) is 62.6 Å². The zero-order chi connectivity index (χ0) is 27.2. The van der Waals surface area contributed by atoms with Crippen molar-refractivity contribution in [2.45, 2.75) is 76.9 Å². The van der Waals surface area contributed by atoms with E-state index in [2.05, 4.69) is 17.4 Å². The van der Waals surface area contributed by atoms with Crippen molar-refractivity contribution >= 4 is 11.8 Å². The number of fused-ring (bicyclic) bond motifs is 1. The predicted octanol–water partition coefficient (Wildman–Crippen LogP) is 5.48. The molecule has 0 aliphatic carbocycles. The Balaban J connectivity index is 1.29. The monoisotopic (exact) mass is 531 g/mol. The van der Waals surface area contributed by atoms with Crippen LogP contribution in [-0.4, -0.2) is 60.4 Å². The highest BCUT2D eigenvalue weighted by atomic mass is 19.1. The molecule has 7 nitrogen and oxygen atoms in total. The summed E-state index contributed by atoms with van der Waals surface area (Å²) in [5.74, 6) is -2.36. The molecule has 1 aromatic carbocycles. The molecule has 2 aliphatic rings. The Morgan fingerprint density at radius 2 is 2.08 bits per heavy atom. The third-order valence-electron chi connectivity index (χ3n) is 7.49. The zero-order valence-electron chi connectivity index (χ0n) is 22.6. The predicted molar refractivity (Wildman–Crippen MR) is 142 cm³/mol. The molecule has 2 N–H and O–H groups in total. The number of aryl methyl sites for hydroxylation is 2. The van der Waals surface area contributed by atoms with Gasteiger partial charge in [0.15, 0.2) is 11.6 Å². The van der Waals surface area contributed by atoms with Crippen LogP contribution in [0.15, 0.2) is 18.2 Å². The number of unbranched alkanes of at least 4 members (excludes halogenated alkanes) is 2. The van der Waals surface area contributed by atoms with Crippen LogP contribution < -0.4 is 10.1 Å². The fourth-order valence-electron chi connectivity index (χ4n) is 5.45. The number of carboxylic acids is 1. The summed E-state index contributed by atoms with van der Waals surface area (Å²) in [5, 5.41) is 13.4. The lowest BCUT2D eigenvalue weighted by molar-refractivity contribution is -0.143. The first-order valence-electron chi connectivity index (χ1n) is 13.7. The number of aromatic nitrogens is 1. The van der Waals surface area contributed by atoms with Gasteiger partial charge in [-0.2, -0.15) is 0 Å². The van der Waals surface area contributed by atoms with E-state index >= 15 is 4.39 Å². The molecule has 2 aliphatic heterocycles. The number of ether oxygens (including phenoxy) is 2. The molecule has 0 bridgehead atoms. The van der Waals surface area contributed by atoms with Crippen LogP contribution in [0.5, 0.6) is 5.75 Å². The molecule has 2 aromatic rings. The first-order valence-corrected chi connectivity index (χ1v) is 13.7. The standard InChI is InChI=1S/C29H39F2N3O4/c1-18(2)22-16-23(30)27(37-3)24(25(22)31)26(29(35)36)34-14-12-21(17-34)38-15-6-4-5-9-20-11-10-19-8-7-13-32-28(19)33-20/h10-11,16,18,21,26H,4-9,12-15,17H2,1-3H3,(H,32,33)(H,35,36)/t21-,26-/m1/s1. The Labute approximate surface area is 223 Å². The van der Waals surface area contributed by atoms with Crippen molar-refractivity contribution in [2.24, 2.45) is 0 Å². The number of carbonyl (C=O) groups is 1. The van der Waals surface area contributed by atoms with Gasteiger partial charge >= 0.3 is 5.97 Å². The maximum absolute atomic E-state index is 15.5. The van der Waals surface area contributed by atoms with Gasteiger partial charge in [-0.25, -0.2) is 13.8 Å². The normalized spacial score (nSPS) is 18.3. The first kappa shape index (κ1) is 28.2. The second-order valence-corrected chi connectivity index (χ2v) is 10.5. The van der Waals surface area contributed by atoms with E-state index in [0.29, 0.717) is 26.1 Å². The maximum Gasteiger partial charge on any atom is 0.325 e. The van der Waals surface area contributed by atoms with Gasteiger partial charge in [-0.15, -0.1) is 0 Å². The number of hydrogen-bond acceptors (Lipinski definition) is 6. The van der Waals surface area contributed by atoms with Crippen LogP contribution in [0.1, 0.15) is 80.3 Å². The summed E-state index contributed by atoms with van der Waals surface area (Å²) in [5.41, 5.74) is 2.28. The molecule has 1 aromatic heterocycles. The average molecular weight is 532 g/mol. The van der Waals surface area contributed by atoms with E-state index in [1.807, 2.05) is 0 Å². The quantitative estimate of drug-likeness (QED) is 0.351. The third kappa shape index (κ3) is 6.43. The summed E-state index contributed by atoms with van der Waals surface area (Å²) < 4.78 is 41.4. The van der Waals surface area contributed by atoms with Crippen LogP contribution in [0.2, 0.25) is 0 Å². The van der Waals surface area contributed by atoms with E-state index in [4.69, 9.17) is 14.5 Å². The van der Waals surface area contributed by atoms with Gasteiger partial charge in [0.05, 0.1) is 18.8 Å². The number of hydrogen-bond donors (Lipinski definition) is 2. The smallest absolute Gasteiger partial charge is 0.325 e. The minimum absolute atomic E-state index is 0.137. The number of aliphatic carboxylic acids is 1. The molecule has 3 heterocycles. The molecular formula is C29H39F2N3O4. The molecule has 38 heavy (non-hydrogen) atoms. The van der Waals surface area contributed by atoms with E-state index in [1.165, 1.54) is 12.7 Å². The number of carboxylic acid groups (broad SMARTS) is 1. The number of likely N-dealkylation sites (tertiary alicyclic amines) is 1. The van der Waals surface area contributed by atoms with Gasteiger partial charge < -0.3 is 19.9 Å². The van der Waals surface area contributed by atoms with Gasteiger partial charge in [0.2, 0.25) is 0 Å². The second kappa shape index (κ2) is 12.8. The second-order valence-electron chi connectivity index (χ2n) is 10.5. The Kier molecular flexibility index (Phi) is 9.54. The van der Waals surface area contributed by atoms with Crippen LogP contribution in [0, 0.1) is 11.6 Å². The molecular weight excluding hydrogens is 492 g/mol. The largest absolute Gasteiger partial charge is 0.493 e. The minimum Gasteiger partial charge on any atom is -0.493 e. The third-order valence-corrected chi connectivity index (χ3v) is 7.49. The molecule has 0 radical (unpaired) electrons. The number of pyridine rings is 1. The summed E-state index contributed by atoms with van der Waals surface area (Å²) in [6, 6.07) is 4.04. The number of anilines is 1. The van der Waals surface area contributed by atoms with Gasteiger partial charge in [0.1, 0.15) is 17.7 Å². The van der Waals surface area contributed by atoms with Crippen molar-refractivity contribution in [2.75, 3.05) is 38.7 Å². The summed E-state index contributed by atoms with van der Waals surface area (Å²) in [6.45, 7) is 5.78. The summed E-state index contributed by atoms with van der Waals surface area (Å²) in [7, 11) is 1.23. The van der Waals surface area contributed by atoms with Crippen LogP contribution in [0.4, 0.5) is 14.6 Å². The lowest BCUT2D eigenvalue weighted by atomic mass is 9.94. The van der Waals surface area contributed by atoms with Gasteiger partial charge in [-0.05, 0) is 67.7 Å². The lowest BCUT2D eigenvalue weighted by Gasteiger charge is -2.27. The number of halogens is 2. The summed E-state index contributed by atoms with van der Waals surface area (Å²) >= 11 is 0. The van der Waals surface area contributed by atoms with Gasteiger partial charge in [0, 0.05) is 31.9 Å². The number of nitrogens with zero attached hydrogens (tertiary/aromatic N) is 2. The lowest BCUT2D eigenvalue weighted by Crippen LogP contribution is -2.35. The molecule has 208 valence electrons. The van der Waals surface area contributed by atoms with E-state index in [-0.39, 0.29) is 28.9 Å². The van der Waals surface area contributed by atoms with Gasteiger partial charge in [-0.3, -0.25) is 9.69 Å². The summed E-state index contributed by atoms with van der Waals surface area (Å²) in [6.07, 6.45) is 6.55. The van der Waals surface area contributed by atoms with Crippen LogP contribution >= 0.6 is 0 Å². The fourth-order valence-corrected chi connectivity index (χ4v) is 5.45. The minimum atomic E-state index is -1.36. The molecule has 0 saturated carbocycles. The Morgan fingerprint density at radius 3 is 2.82 bits per heavy atom. The van der Waals surface area contributed by atoms with Crippen molar-refractivity contribution in [3.8, 4) is 5.75 Å². The van der Waals surface area contributed by atoms with E-state index < -0.39 is 23.6 Å². The number of nitrogens with one attached hydrogen (secondary N) is 1. The van der Waals surface area contributed by atoms with Crippen LogP contribution in [-0.2, 0) is 22.4 Å². The molecule has 4 rings (SSSR count). The molecule has 1 saturated heterocycles. The fraction of sp³-hybridized carbons (Fsp3) is 0.586. The number of rotatable bonds is 12. The average Bonchev–Trinajstić information content (AvgIpc) is 3.35. The zero-order valence-corrected chi connectivity index (χ0v) is 22.6. The highest BCUT2D eigenvalue weighted by Gasteiger charge is 2.39. The number of methoxy groups -OCH3 is 1. The molecule has 9 heteroatoms. The number of benzene rings is 1. The molecule has 1 fully saturated rings. The molecule has 0 amide bonds.